The fourth-order valence-electron chi connectivity index (χ4n) is 2.62. The number of carbonyl (C=O) groups excluding carboxylic acids is 1. The van der Waals surface area contributed by atoms with E-state index < -0.39 is 70.5 Å². The second-order valence-electron chi connectivity index (χ2n) is 6.08. The summed E-state index contributed by atoms with van der Waals surface area (Å²) in [7, 11) is -4.45. The summed E-state index contributed by atoms with van der Waals surface area (Å²) in [5.41, 5.74) is 2.44. The molecule has 0 saturated heterocycles. The SMILES string of the molecule is Cn1c(Br)c(S(=O)(=O)N(c2ccc(F)c(C#N)c2)[C@](C)(F)C(F)F)c(F)c1C(N)=O. The third kappa shape index (κ3) is 3.63. The molecule has 1 aromatic carbocycles. The predicted octanol–water partition coefficient (Wildman–Crippen LogP) is 3.18. The van der Waals surface area contributed by atoms with Crippen LogP contribution >= 0.6 is 15.9 Å². The molecule has 0 aliphatic rings. The van der Waals surface area contributed by atoms with Crippen molar-refractivity contribution < 1.29 is 35.2 Å². The Morgan fingerprint density at radius 1 is 1.37 bits per heavy atom. The predicted molar refractivity (Wildman–Crippen MR) is 97.9 cm³/mol. The summed E-state index contributed by atoms with van der Waals surface area (Å²) in [5, 5.41) is 8.92. The number of nitriles is 1. The first-order chi connectivity index (χ1) is 13.7. The summed E-state index contributed by atoms with van der Waals surface area (Å²) in [6, 6.07) is 3.05. The lowest BCUT2D eigenvalue weighted by atomic mass is 10.2. The highest BCUT2D eigenvalue weighted by atomic mass is 79.9. The maximum Gasteiger partial charge on any atom is 0.291 e. The van der Waals surface area contributed by atoms with E-state index >= 15 is 0 Å². The quantitative estimate of drug-likeness (QED) is 0.471. The van der Waals surface area contributed by atoms with Crippen molar-refractivity contribution in [2.45, 2.75) is 24.0 Å². The lowest BCUT2D eigenvalue weighted by Crippen LogP contribution is -2.52. The van der Waals surface area contributed by atoms with Gasteiger partial charge in [0.15, 0.2) is 10.7 Å². The first-order valence-corrected chi connectivity index (χ1v) is 9.98. The van der Waals surface area contributed by atoms with Gasteiger partial charge < -0.3 is 10.3 Å². The molecule has 14 heteroatoms. The molecule has 0 aliphatic carbocycles. The molecule has 0 bridgehead atoms. The van der Waals surface area contributed by atoms with Crippen LogP contribution in [0.4, 0.5) is 27.6 Å². The average Bonchev–Trinajstić information content (AvgIpc) is 2.85. The minimum atomic E-state index is -5.50. The summed E-state index contributed by atoms with van der Waals surface area (Å²) in [6.45, 7) is 0.203. The molecule has 1 amide bonds. The number of nitrogens with zero attached hydrogens (tertiary/aromatic N) is 3. The average molecular weight is 515 g/mol. The van der Waals surface area contributed by atoms with E-state index in [-0.39, 0.29) is 6.92 Å². The molecular formula is C16H12BrF5N4O3S. The topological polar surface area (TPSA) is 109 Å². The summed E-state index contributed by atoms with van der Waals surface area (Å²) >= 11 is 2.73. The molecule has 0 unspecified atom stereocenters. The number of carbonyl (C=O) groups is 1. The zero-order chi connectivity index (χ0) is 23.2. The highest BCUT2D eigenvalue weighted by Gasteiger charge is 2.50. The number of halogens is 6. The number of hydrogen-bond donors (Lipinski definition) is 1. The van der Waals surface area contributed by atoms with Crippen molar-refractivity contribution in [1.29, 1.82) is 5.26 Å². The van der Waals surface area contributed by atoms with Crippen LogP contribution < -0.4 is 10.0 Å². The van der Waals surface area contributed by atoms with Crippen LogP contribution in [0, 0.1) is 23.0 Å². The van der Waals surface area contributed by atoms with Gasteiger partial charge in [0.05, 0.1) is 11.3 Å². The van der Waals surface area contributed by atoms with Gasteiger partial charge in [-0.3, -0.25) is 4.79 Å². The minimum absolute atomic E-state index is 0.203. The van der Waals surface area contributed by atoms with Crippen molar-refractivity contribution in [3.8, 4) is 6.07 Å². The van der Waals surface area contributed by atoms with Crippen LogP contribution in [-0.4, -0.2) is 31.1 Å². The number of primary amides is 1. The number of amides is 1. The van der Waals surface area contributed by atoms with E-state index in [2.05, 4.69) is 15.9 Å². The standard InChI is InChI=1S/C16H12BrF5N4O3S/c1-16(22,15(20)21)26(8-3-4-9(18)7(5-8)6-23)30(28,29)12-10(19)11(14(24)27)25(2)13(12)17/h3-5,15H,1-2H3,(H2,24,27)/t16-/m0/s1. The van der Waals surface area contributed by atoms with Crippen LogP contribution in [0.15, 0.2) is 27.7 Å². The summed E-state index contributed by atoms with van der Waals surface area (Å²) in [6.07, 6.45) is -3.94. The van der Waals surface area contributed by atoms with Gasteiger partial charge in [-0.1, -0.05) is 0 Å². The molecule has 2 aromatic rings. The third-order valence-electron chi connectivity index (χ3n) is 4.06. The third-order valence-corrected chi connectivity index (χ3v) is 7.18. The largest absolute Gasteiger partial charge is 0.364 e. The normalized spacial score (nSPS) is 13.7. The van der Waals surface area contributed by atoms with Gasteiger partial charge in [-0.25, -0.2) is 34.7 Å². The second kappa shape index (κ2) is 7.88. The zero-order valence-corrected chi connectivity index (χ0v) is 17.5. The smallest absolute Gasteiger partial charge is 0.291 e. The van der Waals surface area contributed by atoms with Crippen LogP contribution in [0.2, 0.25) is 0 Å². The maximum atomic E-state index is 15.0. The Morgan fingerprint density at radius 2 is 1.93 bits per heavy atom. The van der Waals surface area contributed by atoms with E-state index in [4.69, 9.17) is 11.0 Å². The van der Waals surface area contributed by atoms with Crippen molar-refractivity contribution >= 4 is 37.5 Å². The van der Waals surface area contributed by atoms with E-state index in [9.17, 15) is 35.2 Å². The fourth-order valence-corrected chi connectivity index (χ4v) is 5.38. The number of nitrogens with two attached hydrogens (primary N) is 1. The second-order valence-corrected chi connectivity index (χ2v) is 8.55. The monoisotopic (exact) mass is 514 g/mol. The van der Waals surface area contributed by atoms with E-state index in [0.29, 0.717) is 22.8 Å². The Kier molecular flexibility index (Phi) is 6.20. The molecule has 0 radical (unpaired) electrons. The number of hydrogen-bond acceptors (Lipinski definition) is 4. The highest BCUT2D eigenvalue weighted by molar-refractivity contribution is 9.10. The van der Waals surface area contributed by atoms with Gasteiger partial charge in [-0.15, -0.1) is 0 Å². The molecule has 2 N–H and O–H groups in total. The van der Waals surface area contributed by atoms with E-state index in [0.717, 1.165) is 7.05 Å². The summed E-state index contributed by atoms with van der Waals surface area (Å²) in [4.78, 5) is 10.1. The van der Waals surface area contributed by atoms with Crippen LogP contribution in [0.5, 0.6) is 0 Å². The molecule has 0 saturated carbocycles. The molecule has 7 nitrogen and oxygen atoms in total. The number of sulfonamides is 1. The molecular weight excluding hydrogens is 503 g/mol. The minimum Gasteiger partial charge on any atom is -0.364 e. The van der Waals surface area contributed by atoms with Gasteiger partial charge in [0.25, 0.3) is 28.1 Å². The Bertz CT molecular complexity index is 1170. The molecule has 30 heavy (non-hydrogen) atoms. The lowest BCUT2D eigenvalue weighted by molar-refractivity contribution is -0.0135. The van der Waals surface area contributed by atoms with Crippen LogP contribution in [0.3, 0.4) is 0 Å². The first kappa shape index (κ1) is 23.6. The number of alkyl halides is 3. The Balaban J connectivity index is 2.92. The van der Waals surface area contributed by atoms with Crippen molar-refractivity contribution in [2.75, 3.05) is 4.31 Å². The molecule has 0 fully saturated rings. The number of aromatic nitrogens is 1. The maximum absolute atomic E-state index is 15.0. The molecule has 1 heterocycles. The van der Waals surface area contributed by atoms with E-state index in [1.165, 1.54) is 6.07 Å². The number of anilines is 1. The van der Waals surface area contributed by atoms with E-state index in [1.807, 2.05) is 0 Å². The highest BCUT2D eigenvalue weighted by Crippen LogP contribution is 2.40. The molecule has 0 spiro atoms. The zero-order valence-electron chi connectivity index (χ0n) is 15.1. The Morgan fingerprint density at radius 3 is 2.37 bits per heavy atom. The van der Waals surface area contributed by atoms with Crippen LogP contribution in [0.1, 0.15) is 23.0 Å². The fraction of sp³-hybridized carbons (Fsp3) is 0.250. The number of benzene rings is 1. The molecule has 162 valence electrons. The van der Waals surface area contributed by atoms with Crippen molar-refractivity contribution in [2.24, 2.45) is 12.8 Å². The van der Waals surface area contributed by atoms with Gasteiger partial charge in [0.2, 0.25) is 0 Å². The van der Waals surface area contributed by atoms with Gasteiger partial charge in [-0.05, 0) is 41.1 Å². The summed E-state index contributed by atoms with van der Waals surface area (Å²) < 4.78 is 96.2. The van der Waals surface area contributed by atoms with Crippen molar-refractivity contribution in [3.05, 3.63) is 45.7 Å². The Labute approximate surface area is 175 Å². The van der Waals surface area contributed by atoms with Crippen molar-refractivity contribution in [1.82, 2.24) is 4.57 Å². The Hall–Kier alpha value is -2.66. The van der Waals surface area contributed by atoms with Crippen LogP contribution in [-0.2, 0) is 17.1 Å². The van der Waals surface area contributed by atoms with Crippen LogP contribution in [0.25, 0.3) is 0 Å². The van der Waals surface area contributed by atoms with Gasteiger partial charge >= 0.3 is 0 Å². The first-order valence-electron chi connectivity index (χ1n) is 7.75. The van der Waals surface area contributed by atoms with Gasteiger partial charge in [-0.2, -0.15) is 5.26 Å². The molecule has 1 aromatic heterocycles. The molecule has 0 aliphatic heterocycles. The van der Waals surface area contributed by atoms with Gasteiger partial charge in [0.1, 0.15) is 22.2 Å². The lowest BCUT2D eigenvalue weighted by Gasteiger charge is -2.34. The number of rotatable bonds is 6. The molecule has 1 atom stereocenters. The van der Waals surface area contributed by atoms with Gasteiger partial charge in [0, 0.05) is 7.05 Å². The van der Waals surface area contributed by atoms with Crippen molar-refractivity contribution in [3.63, 3.8) is 0 Å². The summed E-state index contributed by atoms with van der Waals surface area (Å²) in [5.74, 6) is -8.18. The van der Waals surface area contributed by atoms with E-state index in [1.54, 1.807) is 0 Å². The molecule has 2 rings (SSSR count).